The third-order valence-corrected chi connectivity index (χ3v) is 5.13. The topological polar surface area (TPSA) is 26.8 Å². The summed E-state index contributed by atoms with van der Waals surface area (Å²) in [7, 11) is 2.08. The fraction of sp³-hybridized carbons (Fsp3) is 0.812. The molecule has 112 valence electrons. The van der Waals surface area contributed by atoms with Gasteiger partial charge < -0.3 is 4.90 Å². The van der Waals surface area contributed by atoms with Crippen molar-refractivity contribution in [2.75, 3.05) is 39.8 Å². The zero-order valence-corrected chi connectivity index (χ0v) is 12.6. The molecule has 2 atom stereocenters. The molecule has 0 aromatic carbocycles. The summed E-state index contributed by atoms with van der Waals surface area (Å²) in [5, 5.41) is 0. The number of amides is 1. The van der Waals surface area contributed by atoms with Crippen LogP contribution in [0, 0.1) is 0 Å². The van der Waals surface area contributed by atoms with Crippen LogP contribution in [0.15, 0.2) is 12.2 Å². The van der Waals surface area contributed by atoms with E-state index in [0.717, 1.165) is 39.1 Å². The van der Waals surface area contributed by atoms with Crippen LogP contribution in [-0.2, 0) is 4.79 Å². The summed E-state index contributed by atoms with van der Waals surface area (Å²) in [5.41, 5.74) is 0. The van der Waals surface area contributed by atoms with Gasteiger partial charge in [-0.2, -0.15) is 0 Å². The van der Waals surface area contributed by atoms with Crippen LogP contribution in [0.25, 0.3) is 0 Å². The molecule has 0 saturated carbocycles. The maximum Gasteiger partial charge on any atom is 0.240 e. The molecule has 2 fully saturated rings. The maximum atomic E-state index is 12.5. The minimum Gasteiger partial charge on any atom is -0.339 e. The predicted octanol–water partition coefficient (Wildman–Crippen LogP) is 1.33. The predicted molar refractivity (Wildman–Crippen MR) is 80.6 cm³/mol. The van der Waals surface area contributed by atoms with Crippen molar-refractivity contribution in [1.29, 1.82) is 0 Å². The molecule has 3 aliphatic rings. The van der Waals surface area contributed by atoms with E-state index < -0.39 is 0 Å². The summed E-state index contributed by atoms with van der Waals surface area (Å²) in [6.07, 6.45) is 10.7. The van der Waals surface area contributed by atoms with Gasteiger partial charge in [0.05, 0.1) is 6.04 Å². The first kappa shape index (κ1) is 14.1. The van der Waals surface area contributed by atoms with E-state index in [9.17, 15) is 4.79 Å². The standard InChI is InChI=1S/C16H27N3O/c1-17-9-5-8-15(17)16(20)19-12-10-18(11-13-19)14-6-3-2-4-7-14/h3,6,14-15H,2,4-5,7-13H2,1H3. The van der Waals surface area contributed by atoms with Gasteiger partial charge in [-0.25, -0.2) is 0 Å². The first-order valence-corrected chi connectivity index (χ1v) is 8.15. The Bertz CT molecular complexity index is 374. The summed E-state index contributed by atoms with van der Waals surface area (Å²) in [4.78, 5) is 19.4. The van der Waals surface area contributed by atoms with Crippen molar-refractivity contribution in [3.8, 4) is 0 Å². The van der Waals surface area contributed by atoms with Gasteiger partial charge in [0.15, 0.2) is 0 Å². The smallest absolute Gasteiger partial charge is 0.240 e. The number of allylic oxidation sites excluding steroid dienone is 1. The number of nitrogens with zero attached hydrogens (tertiary/aromatic N) is 3. The van der Waals surface area contributed by atoms with Gasteiger partial charge in [0.1, 0.15) is 0 Å². The van der Waals surface area contributed by atoms with Crippen LogP contribution >= 0.6 is 0 Å². The second kappa shape index (κ2) is 6.27. The van der Waals surface area contributed by atoms with Gasteiger partial charge in [-0.15, -0.1) is 0 Å². The lowest BCUT2D eigenvalue weighted by atomic mass is 10.0. The highest BCUT2D eigenvalue weighted by Gasteiger charge is 2.33. The Morgan fingerprint density at radius 1 is 1.05 bits per heavy atom. The molecule has 4 nitrogen and oxygen atoms in total. The molecule has 0 spiro atoms. The van der Waals surface area contributed by atoms with Gasteiger partial charge in [-0.3, -0.25) is 14.6 Å². The maximum absolute atomic E-state index is 12.5. The average molecular weight is 277 g/mol. The van der Waals surface area contributed by atoms with E-state index in [4.69, 9.17) is 0 Å². The van der Waals surface area contributed by atoms with Crippen LogP contribution in [0.5, 0.6) is 0 Å². The van der Waals surface area contributed by atoms with E-state index in [1.807, 2.05) is 0 Å². The summed E-state index contributed by atoms with van der Waals surface area (Å²) in [6.45, 7) is 4.97. The molecule has 2 aliphatic heterocycles. The van der Waals surface area contributed by atoms with Crippen LogP contribution in [0.1, 0.15) is 32.1 Å². The van der Waals surface area contributed by atoms with E-state index in [2.05, 4.69) is 33.9 Å². The number of rotatable bonds is 2. The molecule has 0 N–H and O–H groups in total. The van der Waals surface area contributed by atoms with Gasteiger partial charge in [-0.1, -0.05) is 12.2 Å². The van der Waals surface area contributed by atoms with Crippen LogP contribution in [0.4, 0.5) is 0 Å². The van der Waals surface area contributed by atoms with Gasteiger partial charge in [0, 0.05) is 32.2 Å². The Hall–Kier alpha value is -0.870. The number of hydrogen-bond donors (Lipinski definition) is 0. The third-order valence-electron chi connectivity index (χ3n) is 5.13. The molecule has 1 amide bonds. The highest BCUT2D eigenvalue weighted by atomic mass is 16.2. The summed E-state index contributed by atoms with van der Waals surface area (Å²) in [6, 6.07) is 0.770. The fourth-order valence-corrected chi connectivity index (χ4v) is 3.81. The lowest BCUT2D eigenvalue weighted by molar-refractivity contribution is -0.137. The SMILES string of the molecule is CN1CCCC1C(=O)N1CCN(C2C=CCCC2)CC1. The van der Waals surface area contributed by atoms with Crippen molar-refractivity contribution in [3.63, 3.8) is 0 Å². The average Bonchev–Trinajstić information content (AvgIpc) is 2.94. The zero-order chi connectivity index (χ0) is 13.9. The molecule has 2 saturated heterocycles. The summed E-state index contributed by atoms with van der Waals surface area (Å²) < 4.78 is 0. The molecular weight excluding hydrogens is 250 g/mol. The Balaban J connectivity index is 1.51. The Morgan fingerprint density at radius 3 is 2.45 bits per heavy atom. The van der Waals surface area contributed by atoms with Crippen LogP contribution in [-0.4, -0.2) is 72.5 Å². The van der Waals surface area contributed by atoms with Crippen LogP contribution < -0.4 is 0 Å². The van der Waals surface area contributed by atoms with Gasteiger partial charge in [0.25, 0.3) is 0 Å². The quantitative estimate of drug-likeness (QED) is 0.713. The molecule has 0 bridgehead atoms. The Labute approximate surface area is 122 Å². The van der Waals surface area contributed by atoms with Gasteiger partial charge >= 0.3 is 0 Å². The lowest BCUT2D eigenvalue weighted by Gasteiger charge is -2.40. The molecular formula is C16H27N3O. The molecule has 0 radical (unpaired) electrons. The van der Waals surface area contributed by atoms with Crippen molar-refractivity contribution in [3.05, 3.63) is 12.2 Å². The Kier molecular flexibility index (Phi) is 4.41. The first-order chi connectivity index (χ1) is 9.75. The van der Waals surface area contributed by atoms with Crippen molar-refractivity contribution < 1.29 is 4.79 Å². The van der Waals surface area contributed by atoms with Crippen molar-refractivity contribution in [2.45, 2.75) is 44.2 Å². The van der Waals surface area contributed by atoms with Crippen molar-refractivity contribution in [2.24, 2.45) is 0 Å². The number of likely N-dealkylation sites (tertiary alicyclic amines) is 1. The number of likely N-dealkylation sites (N-methyl/N-ethyl adjacent to an activating group) is 1. The van der Waals surface area contributed by atoms with Gasteiger partial charge in [-0.05, 0) is 45.7 Å². The number of carbonyl (C=O) groups is 1. The summed E-state index contributed by atoms with van der Waals surface area (Å²) in [5.74, 6) is 0.365. The zero-order valence-electron chi connectivity index (χ0n) is 12.6. The van der Waals surface area contributed by atoms with Gasteiger partial charge in [0.2, 0.25) is 5.91 Å². The lowest BCUT2D eigenvalue weighted by Crippen LogP contribution is -2.55. The van der Waals surface area contributed by atoms with E-state index in [1.54, 1.807) is 0 Å². The molecule has 1 aliphatic carbocycles. The highest BCUT2D eigenvalue weighted by Crippen LogP contribution is 2.21. The van der Waals surface area contributed by atoms with E-state index in [-0.39, 0.29) is 6.04 Å². The monoisotopic (exact) mass is 277 g/mol. The van der Waals surface area contributed by atoms with Crippen molar-refractivity contribution >= 4 is 5.91 Å². The molecule has 20 heavy (non-hydrogen) atoms. The largest absolute Gasteiger partial charge is 0.339 e. The molecule has 3 rings (SSSR count). The minimum absolute atomic E-state index is 0.149. The summed E-state index contributed by atoms with van der Waals surface area (Å²) >= 11 is 0. The number of carbonyl (C=O) groups excluding carboxylic acids is 1. The fourth-order valence-electron chi connectivity index (χ4n) is 3.81. The Morgan fingerprint density at radius 2 is 1.85 bits per heavy atom. The first-order valence-electron chi connectivity index (χ1n) is 8.15. The molecule has 2 unspecified atom stereocenters. The third kappa shape index (κ3) is 2.91. The number of hydrogen-bond acceptors (Lipinski definition) is 3. The van der Waals surface area contributed by atoms with E-state index in [0.29, 0.717) is 11.9 Å². The molecule has 0 aromatic rings. The van der Waals surface area contributed by atoms with Crippen LogP contribution in [0.2, 0.25) is 0 Å². The van der Waals surface area contributed by atoms with Crippen LogP contribution in [0.3, 0.4) is 0 Å². The molecule has 2 heterocycles. The minimum atomic E-state index is 0.149. The van der Waals surface area contributed by atoms with Crippen molar-refractivity contribution in [1.82, 2.24) is 14.7 Å². The molecule has 0 aromatic heterocycles. The number of piperazine rings is 1. The normalized spacial score (nSPS) is 32.8. The van der Waals surface area contributed by atoms with E-state index >= 15 is 0 Å². The second-order valence-electron chi connectivity index (χ2n) is 6.43. The van der Waals surface area contributed by atoms with E-state index in [1.165, 1.54) is 25.7 Å². The molecule has 4 heteroatoms. The second-order valence-corrected chi connectivity index (χ2v) is 6.43. The highest BCUT2D eigenvalue weighted by molar-refractivity contribution is 5.82.